The molecule has 6 nitrogen and oxygen atoms in total. The number of morpholine rings is 1. The van der Waals surface area contributed by atoms with Gasteiger partial charge in [0.05, 0.1) is 19.0 Å². The van der Waals surface area contributed by atoms with E-state index in [2.05, 4.69) is 17.4 Å². The van der Waals surface area contributed by atoms with Crippen molar-refractivity contribution in [2.24, 2.45) is 0 Å². The third-order valence-electron chi connectivity index (χ3n) is 5.36. The van der Waals surface area contributed by atoms with Gasteiger partial charge in [0, 0.05) is 41.6 Å². The number of benzene rings is 2. The molecule has 162 valence electrons. The van der Waals surface area contributed by atoms with Gasteiger partial charge in [-0.3, -0.25) is 9.59 Å². The molecule has 31 heavy (non-hydrogen) atoms. The zero-order valence-electron chi connectivity index (χ0n) is 17.5. The molecule has 7 heteroatoms. The van der Waals surface area contributed by atoms with E-state index in [4.69, 9.17) is 4.74 Å². The number of carbonyl (C=O) groups is 2. The van der Waals surface area contributed by atoms with Gasteiger partial charge in [0.1, 0.15) is 6.54 Å². The van der Waals surface area contributed by atoms with E-state index in [-0.39, 0.29) is 11.8 Å². The topological polar surface area (TPSA) is 63.6 Å². The van der Waals surface area contributed by atoms with Crippen LogP contribution in [0.2, 0.25) is 0 Å². The fourth-order valence-electron chi connectivity index (χ4n) is 3.70. The van der Waals surface area contributed by atoms with Gasteiger partial charge in [-0.25, -0.2) is 0 Å². The molecule has 0 saturated carbocycles. The summed E-state index contributed by atoms with van der Waals surface area (Å²) in [7, 11) is 0. The van der Waals surface area contributed by atoms with Gasteiger partial charge < -0.3 is 19.5 Å². The van der Waals surface area contributed by atoms with Crippen molar-refractivity contribution in [3.05, 3.63) is 66.4 Å². The van der Waals surface area contributed by atoms with Crippen LogP contribution in [0.3, 0.4) is 0 Å². The molecule has 1 aliphatic heterocycles. The van der Waals surface area contributed by atoms with E-state index in [0.717, 1.165) is 22.2 Å². The summed E-state index contributed by atoms with van der Waals surface area (Å²) in [6.07, 6.45) is 2.81. The highest BCUT2D eigenvalue weighted by Crippen LogP contribution is 2.30. The molecular weight excluding hydrogens is 410 g/mol. The largest absolute Gasteiger partial charge is 0.378 e. The fourth-order valence-corrected chi connectivity index (χ4v) is 4.62. The van der Waals surface area contributed by atoms with Crippen LogP contribution in [0.25, 0.3) is 10.9 Å². The number of fused-ring (bicyclic) bond motifs is 1. The Hall–Kier alpha value is -2.77. The number of amides is 2. The molecule has 2 amide bonds. The molecule has 0 bridgehead atoms. The third-order valence-corrected chi connectivity index (χ3v) is 6.40. The zero-order chi connectivity index (χ0) is 21.5. The lowest BCUT2D eigenvalue weighted by Gasteiger charge is -2.27. The molecule has 4 rings (SSSR count). The number of ether oxygens (including phenoxy) is 1. The van der Waals surface area contributed by atoms with Crippen LogP contribution in [0.5, 0.6) is 0 Å². The molecule has 2 aromatic carbocycles. The summed E-state index contributed by atoms with van der Waals surface area (Å²) in [5, 5.41) is 4.06. The van der Waals surface area contributed by atoms with E-state index in [1.807, 2.05) is 58.1 Å². The minimum absolute atomic E-state index is 0.0159. The van der Waals surface area contributed by atoms with Gasteiger partial charge in [-0.05, 0) is 18.1 Å². The van der Waals surface area contributed by atoms with E-state index in [0.29, 0.717) is 45.1 Å². The maximum absolute atomic E-state index is 12.7. The Morgan fingerprint density at radius 3 is 2.55 bits per heavy atom. The number of hydrogen-bond acceptors (Lipinski definition) is 4. The van der Waals surface area contributed by atoms with Crippen LogP contribution in [-0.4, -0.2) is 59.9 Å². The van der Waals surface area contributed by atoms with Crippen molar-refractivity contribution in [1.82, 2.24) is 14.8 Å². The normalized spacial score (nSPS) is 14.0. The minimum Gasteiger partial charge on any atom is -0.378 e. The summed E-state index contributed by atoms with van der Waals surface area (Å²) in [5.74, 6) is 0.460. The minimum atomic E-state index is 0.0159. The van der Waals surface area contributed by atoms with Crippen molar-refractivity contribution in [3.63, 3.8) is 0 Å². The average Bonchev–Trinajstić information content (AvgIpc) is 3.16. The van der Waals surface area contributed by atoms with Crippen LogP contribution < -0.4 is 5.32 Å². The molecule has 1 fully saturated rings. The Labute approximate surface area is 186 Å². The van der Waals surface area contributed by atoms with Crippen molar-refractivity contribution in [1.29, 1.82) is 0 Å². The number of carbonyl (C=O) groups excluding carboxylic acids is 2. The number of thioether (sulfide) groups is 1. The van der Waals surface area contributed by atoms with Gasteiger partial charge in [0.25, 0.3) is 0 Å². The molecule has 0 spiro atoms. The Kier molecular flexibility index (Phi) is 7.27. The second kappa shape index (κ2) is 10.5. The average molecular weight is 438 g/mol. The van der Waals surface area contributed by atoms with E-state index >= 15 is 0 Å². The number of nitrogens with one attached hydrogen (secondary N) is 1. The lowest BCUT2D eigenvalue weighted by Crippen LogP contribution is -2.42. The number of hydrogen-bond donors (Lipinski definition) is 1. The highest BCUT2D eigenvalue weighted by molar-refractivity contribution is 8.00. The molecular formula is C24H27N3O3S. The van der Waals surface area contributed by atoms with E-state index in [1.165, 1.54) is 17.3 Å². The zero-order valence-corrected chi connectivity index (χ0v) is 18.3. The lowest BCUT2D eigenvalue weighted by molar-refractivity contribution is -0.135. The maximum atomic E-state index is 12.7. The summed E-state index contributed by atoms with van der Waals surface area (Å²) >= 11 is 1.51. The first kappa shape index (κ1) is 21.5. The van der Waals surface area contributed by atoms with Crippen molar-refractivity contribution in [2.45, 2.75) is 17.9 Å². The van der Waals surface area contributed by atoms with Crippen LogP contribution in [0, 0.1) is 0 Å². The van der Waals surface area contributed by atoms with Gasteiger partial charge in [0.2, 0.25) is 11.8 Å². The van der Waals surface area contributed by atoms with Crippen LogP contribution in [0.15, 0.2) is 65.7 Å². The van der Waals surface area contributed by atoms with Crippen LogP contribution in [0.4, 0.5) is 0 Å². The molecule has 0 atom stereocenters. The predicted octanol–water partition coefficient (Wildman–Crippen LogP) is 2.95. The summed E-state index contributed by atoms with van der Waals surface area (Å²) in [6.45, 7) is 3.40. The first-order valence-electron chi connectivity index (χ1n) is 10.6. The first-order valence-corrected chi connectivity index (χ1v) is 11.6. The Morgan fingerprint density at radius 1 is 1.00 bits per heavy atom. The number of para-hydroxylation sites is 1. The molecule has 0 aliphatic carbocycles. The van der Waals surface area contributed by atoms with Crippen molar-refractivity contribution in [2.75, 3.05) is 38.6 Å². The summed E-state index contributed by atoms with van der Waals surface area (Å²) in [5.41, 5.74) is 2.22. The molecule has 2 heterocycles. The Morgan fingerprint density at radius 2 is 1.74 bits per heavy atom. The smallest absolute Gasteiger partial charge is 0.242 e. The van der Waals surface area contributed by atoms with Crippen LogP contribution in [-0.2, 0) is 27.3 Å². The first-order chi connectivity index (χ1) is 15.2. The summed E-state index contributed by atoms with van der Waals surface area (Å²) < 4.78 is 7.33. The SMILES string of the molecule is O=C(CSc1cn(CC(=O)N2CCOCC2)c2ccccc12)NCCc1ccccc1. The second-order valence-corrected chi connectivity index (χ2v) is 8.52. The van der Waals surface area contributed by atoms with Crippen molar-refractivity contribution < 1.29 is 14.3 Å². The quantitative estimate of drug-likeness (QED) is 0.551. The molecule has 0 unspecified atom stereocenters. The molecule has 0 radical (unpaired) electrons. The molecule has 1 aromatic heterocycles. The highest BCUT2D eigenvalue weighted by atomic mass is 32.2. The molecule has 1 aliphatic rings. The van der Waals surface area contributed by atoms with Gasteiger partial charge in [-0.1, -0.05) is 48.5 Å². The summed E-state index contributed by atoms with van der Waals surface area (Å²) in [6, 6.07) is 18.2. The predicted molar refractivity (Wildman–Crippen MR) is 123 cm³/mol. The second-order valence-electron chi connectivity index (χ2n) is 7.51. The highest BCUT2D eigenvalue weighted by Gasteiger charge is 2.19. The monoisotopic (exact) mass is 437 g/mol. The fraction of sp³-hybridized carbons (Fsp3) is 0.333. The number of aromatic nitrogens is 1. The van der Waals surface area contributed by atoms with Crippen molar-refractivity contribution in [3.8, 4) is 0 Å². The molecule has 1 N–H and O–H groups in total. The number of nitrogens with zero attached hydrogens (tertiary/aromatic N) is 2. The van der Waals surface area contributed by atoms with Gasteiger partial charge in [-0.15, -0.1) is 11.8 Å². The third kappa shape index (κ3) is 5.68. The van der Waals surface area contributed by atoms with E-state index < -0.39 is 0 Å². The summed E-state index contributed by atoms with van der Waals surface area (Å²) in [4.78, 5) is 27.9. The molecule has 3 aromatic rings. The number of rotatable bonds is 8. The maximum Gasteiger partial charge on any atom is 0.242 e. The van der Waals surface area contributed by atoms with E-state index in [1.54, 1.807) is 0 Å². The standard InChI is InChI=1S/C24H27N3O3S/c28-23(25-11-10-19-6-2-1-3-7-19)18-31-22-16-27(21-9-5-4-8-20(21)22)17-24(29)26-12-14-30-15-13-26/h1-9,16H,10-15,17-18H2,(H,25,28). The lowest BCUT2D eigenvalue weighted by atomic mass is 10.1. The van der Waals surface area contributed by atoms with Gasteiger partial charge in [-0.2, -0.15) is 0 Å². The van der Waals surface area contributed by atoms with Crippen LogP contribution >= 0.6 is 11.8 Å². The Balaban J connectivity index is 1.35. The van der Waals surface area contributed by atoms with Gasteiger partial charge >= 0.3 is 0 Å². The van der Waals surface area contributed by atoms with Crippen molar-refractivity contribution >= 4 is 34.5 Å². The molecule has 1 saturated heterocycles. The van der Waals surface area contributed by atoms with Gasteiger partial charge in [0.15, 0.2) is 0 Å². The van der Waals surface area contributed by atoms with E-state index in [9.17, 15) is 9.59 Å². The van der Waals surface area contributed by atoms with Crippen LogP contribution in [0.1, 0.15) is 5.56 Å². The Bertz CT molecular complexity index is 1030.